The Morgan fingerprint density at radius 2 is 1.02 bits per heavy atom. The maximum absolute atomic E-state index is 12.5. The van der Waals surface area contributed by atoms with Crippen molar-refractivity contribution < 1.29 is 45.1 Å². The topological polar surface area (TPSA) is 135 Å². The van der Waals surface area contributed by atoms with Crippen molar-refractivity contribution in [2.45, 2.75) is 52.7 Å². The molecule has 43 heavy (non-hydrogen) atoms. The Bertz CT molecular complexity index is 1380. The van der Waals surface area contributed by atoms with Crippen LogP contribution >= 0.6 is 23.2 Å². The second kappa shape index (κ2) is 14.6. The van der Waals surface area contributed by atoms with E-state index in [1.54, 1.807) is 53.7 Å². The molecule has 10 nitrogen and oxygen atoms in total. The van der Waals surface area contributed by atoms with Gasteiger partial charge in [-0.1, -0.05) is 23.2 Å². The van der Waals surface area contributed by atoms with Crippen LogP contribution in [0.25, 0.3) is 0 Å². The van der Waals surface area contributed by atoms with E-state index in [1.165, 1.54) is 48.9 Å². The standard InChI is InChI=1S/C30H32Cl2N4O6.Ni/c1-29(2,3)41-27(39)35-19-7-9-25(37)17(11-19)15-33-23-13-21(31)22(32)14-24(23)34-16-18-12-20(8-10-26(18)38)36-28(40)42-30(4,5)6;/h7-16,33-34H,1-6H3,(H,35,39)(H,36,40);/b17-15-,18-16-;. The quantitative estimate of drug-likeness (QED) is 0.194. The number of alkyl carbamates (subject to hydrolysis) is 2. The monoisotopic (exact) mass is 672 g/mol. The molecule has 13 heteroatoms. The van der Waals surface area contributed by atoms with Gasteiger partial charge in [-0.05, 0) is 90.1 Å². The van der Waals surface area contributed by atoms with E-state index in [9.17, 15) is 19.2 Å². The van der Waals surface area contributed by atoms with E-state index in [-0.39, 0.29) is 49.2 Å². The van der Waals surface area contributed by atoms with Gasteiger partial charge in [0.2, 0.25) is 0 Å². The van der Waals surface area contributed by atoms with Gasteiger partial charge in [-0.25, -0.2) is 9.59 Å². The molecule has 0 atom stereocenters. The Balaban J connectivity index is 0.00000645. The number of hydrogen-bond acceptors (Lipinski definition) is 8. The van der Waals surface area contributed by atoms with Gasteiger partial charge in [0.05, 0.1) is 21.4 Å². The SMILES string of the molecule is CC(C)(C)OC(=O)NC1=C/C(=C/Nc2cc(Cl)c(Cl)cc2N/C=C2/C=C(NC(=O)OC(C)(C)C)C=CC2=O)C(=O)C=C1.[Ni]. The Morgan fingerprint density at radius 1 is 0.674 bits per heavy atom. The predicted molar refractivity (Wildman–Crippen MR) is 163 cm³/mol. The van der Waals surface area contributed by atoms with Crippen molar-refractivity contribution in [3.05, 3.63) is 93.6 Å². The number of ether oxygens (including phenoxy) is 2. The van der Waals surface area contributed by atoms with Gasteiger partial charge in [-0.2, -0.15) is 0 Å². The zero-order chi connectivity index (χ0) is 31.2. The van der Waals surface area contributed by atoms with Crippen molar-refractivity contribution in [2.24, 2.45) is 0 Å². The zero-order valence-electron chi connectivity index (χ0n) is 24.3. The fourth-order valence-corrected chi connectivity index (χ4v) is 3.74. The first kappa shape index (κ1) is 35.4. The number of rotatable bonds is 6. The molecule has 0 unspecified atom stereocenters. The number of anilines is 2. The van der Waals surface area contributed by atoms with E-state index in [0.717, 1.165) is 0 Å². The van der Waals surface area contributed by atoms with Crippen LogP contribution in [0.4, 0.5) is 21.0 Å². The van der Waals surface area contributed by atoms with Gasteiger partial charge in [0, 0.05) is 51.4 Å². The summed E-state index contributed by atoms with van der Waals surface area (Å²) in [6.45, 7) is 10.5. The summed E-state index contributed by atoms with van der Waals surface area (Å²) >= 11 is 12.5. The van der Waals surface area contributed by atoms with E-state index in [4.69, 9.17) is 32.7 Å². The Hall–Kier alpha value is -3.79. The number of carbonyl (C=O) groups is 4. The summed E-state index contributed by atoms with van der Waals surface area (Å²) in [4.78, 5) is 49.2. The molecule has 2 aliphatic rings. The van der Waals surface area contributed by atoms with Crippen molar-refractivity contribution in [3.8, 4) is 0 Å². The molecule has 1 aromatic carbocycles. The number of amides is 2. The van der Waals surface area contributed by atoms with E-state index < -0.39 is 23.4 Å². The van der Waals surface area contributed by atoms with Gasteiger partial charge in [0.15, 0.2) is 11.6 Å². The molecule has 2 amide bonds. The summed E-state index contributed by atoms with van der Waals surface area (Å²) in [5.74, 6) is -0.604. The fraction of sp³-hybridized carbons (Fsp3) is 0.267. The second-order valence-corrected chi connectivity index (χ2v) is 12.0. The third kappa shape index (κ3) is 11.4. The number of hydrogen-bond donors (Lipinski definition) is 4. The summed E-state index contributed by atoms with van der Waals surface area (Å²) in [5.41, 5.74) is 0.703. The molecule has 0 bridgehead atoms. The molecule has 0 aliphatic heterocycles. The molecule has 1 aromatic rings. The number of ketones is 2. The maximum atomic E-state index is 12.5. The van der Waals surface area contributed by atoms with Gasteiger partial charge in [0.25, 0.3) is 0 Å². The summed E-state index contributed by atoms with van der Waals surface area (Å²) < 4.78 is 10.5. The van der Waals surface area contributed by atoms with Crippen LogP contribution in [0.5, 0.6) is 0 Å². The first-order chi connectivity index (χ1) is 19.5. The average Bonchev–Trinajstić information content (AvgIpc) is 2.84. The number of nitrogens with one attached hydrogen (secondary N) is 4. The molecule has 0 heterocycles. The Labute approximate surface area is 270 Å². The molecule has 0 spiro atoms. The van der Waals surface area contributed by atoms with Gasteiger partial charge in [-0.15, -0.1) is 0 Å². The number of allylic oxidation sites excluding steroid dienone is 8. The predicted octanol–water partition coefficient (Wildman–Crippen LogP) is 6.68. The summed E-state index contributed by atoms with van der Waals surface area (Å²) in [7, 11) is 0. The van der Waals surface area contributed by atoms with Crippen LogP contribution in [0.3, 0.4) is 0 Å². The van der Waals surface area contributed by atoms with Crippen molar-refractivity contribution >= 4 is 58.3 Å². The zero-order valence-corrected chi connectivity index (χ0v) is 26.8. The van der Waals surface area contributed by atoms with E-state index in [0.29, 0.717) is 22.8 Å². The van der Waals surface area contributed by atoms with Crippen LogP contribution in [0, 0.1) is 0 Å². The molecular formula is C30H32Cl2N4NiO6. The molecule has 232 valence electrons. The molecule has 0 aromatic heterocycles. The molecule has 0 fully saturated rings. The average molecular weight is 674 g/mol. The largest absolute Gasteiger partial charge is 0.444 e. The minimum absolute atomic E-state index is 0. The van der Waals surface area contributed by atoms with Gasteiger partial charge < -0.3 is 20.1 Å². The van der Waals surface area contributed by atoms with E-state index in [2.05, 4.69) is 21.3 Å². The third-order valence-electron chi connectivity index (χ3n) is 5.14. The Morgan fingerprint density at radius 3 is 1.35 bits per heavy atom. The van der Waals surface area contributed by atoms with Gasteiger partial charge in [-0.3, -0.25) is 20.2 Å². The second-order valence-electron chi connectivity index (χ2n) is 11.1. The van der Waals surface area contributed by atoms with Crippen LogP contribution in [0.2, 0.25) is 10.0 Å². The normalized spacial score (nSPS) is 16.7. The molecule has 0 radical (unpaired) electrons. The molecule has 0 saturated carbocycles. The number of halogens is 2. The minimum atomic E-state index is -0.684. The third-order valence-corrected chi connectivity index (χ3v) is 5.86. The Kier molecular flexibility index (Phi) is 12.0. The summed E-state index contributed by atoms with van der Waals surface area (Å²) in [5, 5.41) is 11.7. The van der Waals surface area contributed by atoms with Crippen LogP contribution < -0.4 is 21.3 Å². The number of carbonyl (C=O) groups excluding carboxylic acids is 4. The van der Waals surface area contributed by atoms with Crippen LogP contribution in [-0.4, -0.2) is 35.0 Å². The van der Waals surface area contributed by atoms with Gasteiger partial charge in [0.1, 0.15) is 11.2 Å². The van der Waals surface area contributed by atoms with E-state index >= 15 is 0 Å². The molecule has 0 saturated heterocycles. The first-order valence-corrected chi connectivity index (χ1v) is 13.6. The minimum Gasteiger partial charge on any atom is -0.444 e. The van der Waals surface area contributed by atoms with Crippen LogP contribution in [-0.2, 0) is 35.6 Å². The van der Waals surface area contributed by atoms with Crippen LogP contribution in [0.15, 0.2) is 83.5 Å². The molecule has 3 rings (SSSR count). The van der Waals surface area contributed by atoms with E-state index in [1.807, 2.05) is 0 Å². The van der Waals surface area contributed by atoms with Crippen molar-refractivity contribution in [1.82, 2.24) is 10.6 Å². The molecule has 4 N–H and O–H groups in total. The van der Waals surface area contributed by atoms with Crippen molar-refractivity contribution in [1.29, 1.82) is 0 Å². The maximum Gasteiger partial charge on any atom is 0.412 e. The van der Waals surface area contributed by atoms with Crippen molar-refractivity contribution in [2.75, 3.05) is 10.6 Å². The molecular weight excluding hydrogens is 642 g/mol. The smallest absolute Gasteiger partial charge is 0.412 e. The van der Waals surface area contributed by atoms with Crippen molar-refractivity contribution in [3.63, 3.8) is 0 Å². The fourth-order valence-electron chi connectivity index (χ4n) is 3.42. The molecule has 2 aliphatic carbocycles. The van der Waals surface area contributed by atoms with Gasteiger partial charge >= 0.3 is 12.2 Å². The van der Waals surface area contributed by atoms with Crippen LogP contribution in [0.1, 0.15) is 41.5 Å². The summed E-state index contributed by atoms with van der Waals surface area (Å²) in [6.07, 6.45) is 10.1. The summed E-state index contributed by atoms with van der Waals surface area (Å²) in [6, 6.07) is 3.09. The number of benzene rings is 1. The first-order valence-electron chi connectivity index (χ1n) is 12.8.